The Morgan fingerprint density at radius 3 is 2.49 bits per heavy atom. The number of hydrogen-bond donors (Lipinski definition) is 2. The first-order valence-corrected chi connectivity index (χ1v) is 15.0. The van der Waals surface area contributed by atoms with E-state index in [9.17, 15) is 18.1 Å². The summed E-state index contributed by atoms with van der Waals surface area (Å²) in [5.74, 6) is 0.792. The lowest BCUT2D eigenvalue weighted by Gasteiger charge is -2.21. The van der Waals surface area contributed by atoms with Crippen molar-refractivity contribution >= 4 is 43.5 Å². The molecule has 0 aliphatic heterocycles. The molecule has 3 N–H and O–H groups in total. The van der Waals surface area contributed by atoms with Gasteiger partial charge in [0.05, 0.1) is 40.2 Å². The molecule has 0 aliphatic rings. The van der Waals surface area contributed by atoms with Crippen LogP contribution in [0.5, 0.6) is 0 Å². The number of halogens is 1. The number of aromatic amines is 1. The molecule has 0 unspecified atom stereocenters. The zero-order valence-corrected chi connectivity index (χ0v) is 24.2. The molecule has 43 heavy (non-hydrogen) atoms. The summed E-state index contributed by atoms with van der Waals surface area (Å²) in [7, 11) is -0.630. The minimum Gasteiger partial charge on any atom is -0.455 e. The number of nitrogens with one attached hydrogen (secondary N) is 1. The van der Waals surface area contributed by atoms with Crippen LogP contribution in [-0.2, 0) is 10.0 Å². The number of amidine groups is 1. The Hall–Kier alpha value is -5.47. The first-order chi connectivity index (χ1) is 20.6. The van der Waals surface area contributed by atoms with Crippen LogP contribution in [0.25, 0.3) is 55.8 Å². The molecule has 0 fully saturated rings. The molecule has 6 rings (SSSR count). The van der Waals surface area contributed by atoms with E-state index in [2.05, 4.69) is 21.0 Å². The summed E-state index contributed by atoms with van der Waals surface area (Å²) in [5, 5.41) is 9.88. The minimum absolute atomic E-state index is 0.209. The monoisotopic (exact) mass is 592 g/mol. The number of aromatic nitrogens is 2. The third-order valence-corrected chi connectivity index (χ3v) is 8.50. The van der Waals surface area contributed by atoms with Gasteiger partial charge in [-0.2, -0.15) is 5.26 Å². The first-order valence-electron chi connectivity index (χ1n) is 13.1. The molecule has 0 bridgehead atoms. The largest absolute Gasteiger partial charge is 0.455 e. The first kappa shape index (κ1) is 27.7. The van der Waals surface area contributed by atoms with Gasteiger partial charge in [0, 0.05) is 42.2 Å². The molecule has 0 amide bonds. The van der Waals surface area contributed by atoms with E-state index in [4.69, 9.17) is 10.2 Å². The number of nitrogens with zero attached hydrogens (tertiary/aromatic N) is 4. The highest BCUT2D eigenvalue weighted by Crippen LogP contribution is 2.42. The number of rotatable bonds is 6. The average molecular weight is 593 g/mol. The van der Waals surface area contributed by atoms with Gasteiger partial charge in [-0.05, 0) is 60.2 Å². The van der Waals surface area contributed by atoms with E-state index in [-0.39, 0.29) is 5.84 Å². The maximum absolute atomic E-state index is 13.7. The Balaban J connectivity index is 1.59. The normalized spacial score (nSPS) is 12.1. The van der Waals surface area contributed by atoms with Gasteiger partial charge in [0.15, 0.2) is 0 Å². The van der Waals surface area contributed by atoms with Crippen LogP contribution < -0.4 is 10.0 Å². The van der Waals surface area contributed by atoms with Crippen molar-refractivity contribution in [2.24, 2.45) is 10.7 Å². The van der Waals surface area contributed by atoms with Crippen molar-refractivity contribution in [2.45, 2.75) is 0 Å². The summed E-state index contributed by atoms with van der Waals surface area (Å²) in [4.78, 5) is 12.1. The number of sulfonamides is 1. The molecule has 214 valence electrons. The van der Waals surface area contributed by atoms with Gasteiger partial charge >= 0.3 is 0 Å². The molecule has 0 atom stereocenters. The van der Waals surface area contributed by atoms with E-state index in [0.717, 1.165) is 17.3 Å². The van der Waals surface area contributed by atoms with Gasteiger partial charge in [-0.3, -0.25) is 9.30 Å². The molecule has 2 aromatic heterocycles. The minimum atomic E-state index is -3.67. The molecule has 2 heterocycles. The van der Waals surface area contributed by atoms with Crippen molar-refractivity contribution in [3.63, 3.8) is 0 Å². The van der Waals surface area contributed by atoms with Gasteiger partial charge in [0.25, 0.3) is 0 Å². The summed E-state index contributed by atoms with van der Waals surface area (Å²) < 4.78 is 46.7. The lowest BCUT2D eigenvalue weighted by Crippen LogP contribution is -2.25. The van der Waals surface area contributed by atoms with Crippen LogP contribution in [0.15, 0.2) is 88.3 Å². The fraction of sp³-hybridized carbons (Fsp3) is 0.0938. The molecule has 9 nitrogen and oxygen atoms in total. The van der Waals surface area contributed by atoms with Gasteiger partial charge in [0.2, 0.25) is 10.0 Å². The van der Waals surface area contributed by atoms with Crippen molar-refractivity contribution in [3.8, 4) is 39.9 Å². The van der Waals surface area contributed by atoms with Crippen molar-refractivity contribution in [1.82, 2.24) is 9.97 Å². The number of imidazole rings is 1. The van der Waals surface area contributed by atoms with Crippen LogP contribution in [0, 0.1) is 17.1 Å². The maximum atomic E-state index is 13.7. The van der Waals surface area contributed by atoms with E-state index in [1.165, 1.54) is 23.5 Å². The number of anilines is 1. The van der Waals surface area contributed by atoms with Crippen LogP contribution in [0.2, 0.25) is 0 Å². The van der Waals surface area contributed by atoms with Gasteiger partial charge in [-0.25, -0.2) is 17.8 Å². The van der Waals surface area contributed by atoms with E-state index in [1.807, 2.05) is 30.3 Å². The molecule has 0 saturated heterocycles. The van der Waals surface area contributed by atoms with E-state index in [0.29, 0.717) is 61.6 Å². The van der Waals surface area contributed by atoms with Crippen LogP contribution in [0.4, 0.5) is 10.1 Å². The Morgan fingerprint density at radius 2 is 1.79 bits per heavy atom. The standard InChI is InChI=1S/C32H25FN6O3S/c1-36-31(35)29-24-15-23(20-5-4-6-21(14-20)32-37-25-12-7-18(17-34)13-26(25)38-32)27(39(2)43(3,40)41)16-28(24)42-30(29)19-8-10-22(33)11-9-19/h4-16H,1-3H3,(H2,35,36)(H,37,38). The number of benzene rings is 4. The lowest BCUT2D eigenvalue weighted by molar-refractivity contribution is 0.600. The molecule has 0 spiro atoms. The lowest BCUT2D eigenvalue weighted by atomic mass is 9.97. The highest BCUT2D eigenvalue weighted by Gasteiger charge is 2.25. The zero-order chi connectivity index (χ0) is 30.5. The van der Waals surface area contributed by atoms with Crippen LogP contribution in [0.3, 0.4) is 0 Å². The zero-order valence-electron chi connectivity index (χ0n) is 23.4. The highest BCUT2D eigenvalue weighted by atomic mass is 32.2. The van der Waals surface area contributed by atoms with Crippen LogP contribution in [0.1, 0.15) is 11.1 Å². The molecule has 4 aromatic carbocycles. The summed E-state index contributed by atoms with van der Waals surface area (Å²) >= 11 is 0. The molecular formula is C32H25FN6O3S. The topological polar surface area (TPSA) is 141 Å². The summed E-state index contributed by atoms with van der Waals surface area (Å²) in [5.41, 5.74) is 12.3. The Labute approximate surface area is 246 Å². The smallest absolute Gasteiger partial charge is 0.232 e. The number of hydrogen-bond acceptors (Lipinski definition) is 6. The molecule has 11 heteroatoms. The predicted octanol–water partition coefficient (Wildman–Crippen LogP) is 6.05. The second-order valence-electron chi connectivity index (χ2n) is 10.0. The summed E-state index contributed by atoms with van der Waals surface area (Å²) in [6.45, 7) is 0. The van der Waals surface area contributed by atoms with Crippen molar-refractivity contribution in [3.05, 3.63) is 95.8 Å². The number of H-pyrrole nitrogens is 1. The van der Waals surface area contributed by atoms with E-state index < -0.39 is 15.8 Å². The summed E-state index contributed by atoms with van der Waals surface area (Å²) in [6, 6.07) is 24.2. The number of nitrogens with two attached hydrogens (primary N) is 1. The number of nitriles is 1. The number of furan rings is 1. The Morgan fingerprint density at radius 1 is 1.05 bits per heavy atom. The van der Waals surface area contributed by atoms with Crippen LogP contribution in [-0.4, -0.2) is 44.6 Å². The second-order valence-corrected chi connectivity index (χ2v) is 12.0. The highest BCUT2D eigenvalue weighted by molar-refractivity contribution is 7.92. The number of fused-ring (bicyclic) bond motifs is 2. The molecular weight excluding hydrogens is 567 g/mol. The van der Waals surface area contributed by atoms with Crippen molar-refractivity contribution in [2.75, 3.05) is 24.7 Å². The fourth-order valence-electron chi connectivity index (χ4n) is 5.02. The Bertz CT molecular complexity index is 2230. The fourth-order valence-corrected chi connectivity index (χ4v) is 5.53. The van der Waals surface area contributed by atoms with Crippen molar-refractivity contribution < 1.29 is 17.2 Å². The maximum Gasteiger partial charge on any atom is 0.232 e. The molecule has 6 aromatic rings. The molecule has 0 radical (unpaired) electrons. The van der Waals surface area contributed by atoms with Gasteiger partial charge in [-0.15, -0.1) is 0 Å². The number of aliphatic imine (C=N–C) groups is 1. The van der Waals surface area contributed by atoms with Crippen LogP contribution >= 0.6 is 0 Å². The SMILES string of the molecule is CN=C(N)c1c(-c2ccc(F)cc2)oc2cc(N(C)S(C)(=O)=O)c(-c3cccc(-c4nc5ccc(C#N)cc5[nH]4)c3)cc12. The quantitative estimate of drug-likeness (QED) is 0.178. The average Bonchev–Trinajstić information content (AvgIpc) is 3.60. The predicted molar refractivity (Wildman–Crippen MR) is 167 cm³/mol. The second kappa shape index (κ2) is 10.4. The van der Waals surface area contributed by atoms with E-state index in [1.54, 1.807) is 43.4 Å². The van der Waals surface area contributed by atoms with Crippen molar-refractivity contribution in [1.29, 1.82) is 5.26 Å². The summed E-state index contributed by atoms with van der Waals surface area (Å²) in [6.07, 6.45) is 1.13. The van der Waals surface area contributed by atoms with Gasteiger partial charge < -0.3 is 15.1 Å². The van der Waals surface area contributed by atoms with E-state index >= 15 is 0 Å². The van der Waals surface area contributed by atoms with Gasteiger partial charge in [-0.1, -0.05) is 18.2 Å². The molecule has 0 aliphatic carbocycles. The molecule has 0 saturated carbocycles. The van der Waals surface area contributed by atoms with Gasteiger partial charge in [0.1, 0.15) is 28.8 Å². The Kier molecular flexibility index (Phi) is 6.71. The third-order valence-electron chi connectivity index (χ3n) is 7.30. The third kappa shape index (κ3) is 4.98.